The van der Waals surface area contributed by atoms with Gasteiger partial charge >= 0.3 is 0 Å². The van der Waals surface area contributed by atoms with Gasteiger partial charge in [-0.15, -0.1) is 11.3 Å². The zero-order chi connectivity index (χ0) is 14.7. The minimum atomic E-state index is 0.899. The van der Waals surface area contributed by atoms with Crippen molar-refractivity contribution in [3.63, 3.8) is 0 Å². The Morgan fingerprint density at radius 1 is 0.905 bits per heavy atom. The topological polar surface area (TPSA) is 9.23 Å². The molecule has 106 valence electrons. The molecule has 1 heterocycles. The average molecular weight is 294 g/mol. The molecule has 2 heteroatoms. The maximum Gasteiger partial charge on any atom is 0.118 e. The minimum absolute atomic E-state index is 0.899. The first-order valence-corrected chi connectivity index (χ1v) is 7.85. The Balaban J connectivity index is 1.81. The quantitative estimate of drug-likeness (QED) is 0.632. The monoisotopic (exact) mass is 294 g/mol. The Labute approximate surface area is 129 Å². The normalized spacial score (nSPS) is 10.6. The molecule has 0 amide bonds. The second-order valence-corrected chi connectivity index (χ2v) is 6.27. The highest BCUT2D eigenvalue weighted by molar-refractivity contribution is 7.15. The fourth-order valence-electron chi connectivity index (χ4n) is 2.38. The lowest BCUT2D eigenvalue weighted by Crippen LogP contribution is -1.87. The molecule has 0 saturated heterocycles. The molecule has 1 nitrogen and oxygen atoms in total. The number of aryl methyl sites for hydroxylation is 1. The molecule has 2 aromatic carbocycles. The lowest BCUT2D eigenvalue weighted by atomic mass is 10.1. The molecule has 3 rings (SSSR count). The third kappa shape index (κ3) is 3.17. The second-order valence-electron chi connectivity index (χ2n) is 5.10. The van der Waals surface area contributed by atoms with Crippen molar-refractivity contribution in [3.05, 3.63) is 76.7 Å². The maximum absolute atomic E-state index is 5.21. The number of ether oxygens (including phenoxy) is 1. The summed E-state index contributed by atoms with van der Waals surface area (Å²) in [6.45, 7) is 2.17. The molecular formula is C19H18OS. The van der Waals surface area contributed by atoms with Crippen LogP contribution in [0.4, 0.5) is 0 Å². The van der Waals surface area contributed by atoms with Crippen molar-refractivity contribution in [2.45, 2.75) is 13.3 Å². The highest BCUT2D eigenvalue weighted by Gasteiger charge is 2.05. The van der Waals surface area contributed by atoms with Crippen LogP contribution < -0.4 is 4.74 Å². The van der Waals surface area contributed by atoms with Gasteiger partial charge in [-0.05, 0) is 60.0 Å². The predicted octanol–water partition coefficient (Wildman–Crippen LogP) is 5.32. The summed E-state index contributed by atoms with van der Waals surface area (Å²) < 4.78 is 5.21. The van der Waals surface area contributed by atoms with E-state index in [1.165, 1.54) is 26.4 Å². The number of methoxy groups -OCH3 is 1. The van der Waals surface area contributed by atoms with Crippen molar-refractivity contribution in [1.29, 1.82) is 0 Å². The van der Waals surface area contributed by atoms with E-state index < -0.39 is 0 Å². The first-order valence-electron chi connectivity index (χ1n) is 7.04. The number of rotatable bonds is 4. The van der Waals surface area contributed by atoms with Crippen molar-refractivity contribution in [1.82, 2.24) is 0 Å². The average Bonchev–Trinajstić information content (AvgIpc) is 2.98. The second kappa shape index (κ2) is 6.15. The molecule has 3 aromatic rings. The van der Waals surface area contributed by atoms with Crippen molar-refractivity contribution < 1.29 is 4.74 Å². The summed E-state index contributed by atoms with van der Waals surface area (Å²) in [5, 5.41) is 0. The maximum atomic E-state index is 5.21. The SMILES string of the molecule is COc1ccc(-c2ccc(Cc3ccccc3C)s2)cc1. The van der Waals surface area contributed by atoms with Gasteiger partial charge in [0.1, 0.15) is 5.75 Å². The summed E-state index contributed by atoms with van der Waals surface area (Å²) in [7, 11) is 1.69. The zero-order valence-corrected chi connectivity index (χ0v) is 13.1. The van der Waals surface area contributed by atoms with Gasteiger partial charge in [0.15, 0.2) is 0 Å². The zero-order valence-electron chi connectivity index (χ0n) is 12.3. The van der Waals surface area contributed by atoms with Crippen LogP contribution in [0.5, 0.6) is 5.75 Å². The summed E-state index contributed by atoms with van der Waals surface area (Å²) in [6, 6.07) is 21.3. The molecule has 0 radical (unpaired) electrons. The van der Waals surface area contributed by atoms with Crippen LogP contribution in [0.2, 0.25) is 0 Å². The first-order chi connectivity index (χ1) is 10.3. The summed E-state index contributed by atoms with van der Waals surface area (Å²) >= 11 is 1.86. The molecule has 0 saturated carbocycles. The van der Waals surface area contributed by atoms with Crippen LogP contribution in [0, 0.1) is 6.92 Å². The molecule has 0 bridgehead atoms. The smallest absolute Gasteiger partial charge is 0.118 e. The molecule has 0 fully saturated rings. The van der Waals surface area contributed by atoms with Gasteiger partial charge in [-0.25, -0.2) is 0 Å². The first kappa shape index (κ1) is 13.9. The van der Waals surface area contributed by atoms with E-state index in [2.05, 4.69) is 55.5 Å². The van der Waals surface area contributed by atoms with E-state index in [4.69, 9.17) is 4.74 Å². The van der Waals surface area contributed by atoms with Crippen molar-refractivity contribution >= 4 is 11.3 Å². The van der Waals surface area contributed by atoms with E-state index in [0.717, 1.165) is 12.2 Å². The van der Waals surface area contributed by atoms with Gasteiger partial charge in [-0.2, -0.15) is 0 Å². The van der Waals surface area contributed by atoms with Gasteiger partial charge in [-0.1, -0.05) is 24.3 Å². The third-order valence-electron chi connectivity index (χ3n) is 3.66. The van der Waals surface area contributed by atoms with Crippen LogP contribution in [0.25, 0.3) is 10.4 Å². The highest BCUT2D eigenvalue weighted by Crippen LogP contribution is 2.30. The predicted molar refractivity (Wildman–Crippen MR) is 90.3 cm³/mol. The molecule has 21 heavy (non-hydrogen) atoms. The van der Waals surface area contributed by atoms with Crippen LogP contribution in [0.1, 0.15) is 16.0 Å². The van der Waals surface area contributed by atoms with Crippen LogP contribution in [0.15, 0.2) is 60.7 Å². The molecule has 0 atom stereocenters. The molecule has 0 N–H and O–H groups in total. The summed E-state index contributed by atoms with van der Waals surface area (Å²) in [5.74, 6) is 0.899. The van der Waals surface area contributed by atoms with Crippen LogP contribution >= 0.6 is 11.3 Å². The summed E-state index contributed by atoms with van der Waals surface area (Å²) in [5.41, 5.74) is 4.01. The Kier molecular flexibility index (Phi) is 4.07. The largest absolute Gasteiger partial charge is 0.497 e. The van der Waals surface area contributed by atoms with Gasteiger partial charge < -0.3 is 4.74 Å². The number of thiophene rings is 1. The molecular weight excluding hydrogens is 276 g/mol. The van der Waals surface area contributed by atoms with Gasteiger partial charge in [0.2, 0.25) is 0 Å². The van der Waals surface area contributed by atoms with E-state index >= 15 is 0 Å². The molecule has 0 spiro atoms. The number of hydrogen-bond acceptors (Lipinski definition) is 2. The van der Waals surface area contributed by atoms with Crippen LogP contribution in [-0.2, 0) is 6.42 Å². The molecule has 0 aliphatic heterocycles. The van der Waals surface area contributed by atoms with Crippen molar-refractivity contribution in [3.8, 4) is 16.2 Å². The fraction of sp³-hybridized carbons (Fsp3) is 0.158. The lowest BCUT2D eigenvalue weighted by molar-refractivity contribution is 0.415. The molecule has 0 aliphatic carbocycles. The van der Waals surface area contributed by atoms with Crippen LogP contribution in [-0.4, -0.2) is 7.11 Å². The fourth-order valence-corrected chi connectivity index (χ4v) is 3.42. The Bertz CT molecular complexity index is 725. The molecule has 1 aromatic heterocycles. The summed E-state index contributed by atoms with van der Waals surface area (Å²) in [6.07, 6.45) is 1.01. The van der Waals surface area contributed by atoms with Gasteiger partial charge in [-0.3, -0.25) is 0 Å². The van der Waals surface area contributed by atoms with E-state index in [0.29, 0.717) is 0 Å². The lowest BCUT2D eigenvalue weighted by Gasteiger charge is -2.03. The Morgan fingerprint density at radius 2 is 1.67 bits per heavy atom. The van der Waals surface area contributed by atoms with Crippen molar-refractivity contribution in [2.24, 2.45) is 0 Å². The minimum Gasteiger partial charge on any atom is -0.497 e. The van der Waals surface area contributed by atoms with E-state index in [1.807, 2.05) is 23.5 Å². The van der Waals surface area contributed by atoms with E-state index in [-0.39, 0.29) is 0 Å². The Morgan fingerprint density at radius 3 is 2.38 bits per heavy atom. The summed E-state index contributed by atoms with van der Waals surface area (Å²) in [4.78, 5) is 2.70. The van der Waals surface area contributed by atoms with E-state index in [1.54, 1.807) is 7.11 Å². The van der Waals surface area contributed by atoms with E-state index in [9.17, 15) is 0 Å². The number of benzene rings is 2. The van der Waals surface area contributed by atoms with Gasteiger partial charge in [0, 0.05) is 16.2 Å². The number of hydrogen-bond donors (Lipinski definition) is 0. The van der Waals surface area contributed by atoms with Gasteiger partial charge in [0.25, 0.3) is 0 Å². The van der Waals surface area contributed by atoms with Crippen LogP contribution in [0.3, 0.4) is 0 Å². The highest BCUT2D eigenvalue weighted by atomic mass is 32.1. The Hall–Kier alpha value is -2.06. The standard InChI is InChI=1S/C19H18OS/c1-14-5-3-4-6-16(14)13-18-11-12-19(21-18)15-7-9-17(20-2)10-8-15/h3-12H,13H2,1-2H3. The third-order valence-corrected chi connectivity index (χ3v) is 4.80. The van der Waals surface area contributed by atoms with Crippen molar-refractivity contribution in [2.75, 3.05) is 7.11 Å². The molecule has 0 aliphatic rings. The molecule has 0 unspecified atom stereocenters. The van der Waals surface area contributed by atoms with Gasteiger partial charge in [0.05, 0.1) is 7.11 Å².